The van der Waals surface area contributed by atoms with Crippen LogP contribution in [-0.2, 0) is 0 Å². The Morgan fingerprint density at radius 3 is 2.52 bits per heavy atom. The fraction of sp³-hybridized carbons (Fsp3) is 0.0417. The molecule has 2 N–H and O–H groups in total. The van der Waals surface area contributed by atoms with Crippen molar-refractivity contribution in [3.8, 4) is 22.6 Å². The van der Waals surface area contributed by atoms with E-state index >= 15 is 0 Å². The highest BCUT2D eigenvalue weighted by molar-refractivity contribution is 6.30. The van der Waals surface area contributed by atoms with Crippen molar-refractivity contribution < 1.29 is 4.79 Å². The van der Waals surface area contributed by atoms with E-state index in [2.05, 4.69) is 20.6 Å². The van der Waals surface area contributed by atoms with E-state index in [1.54, 1.807) is 24.3 Å². The van der Waals surface area contributed by atoms with E-state index in [1.807, 2.05) is 43.3 Å². The zero-order valence-corrected chi connectivity index (χ0v) is 18.2. The van der Waals surface area contributed by atoms with Crippen LogP contribution in [0.1, 0.15) is 15.9 Å². The van der Waals surface area contributed by atoms with Crippen LogP contribution in [0.3, 0.4) is 0 Å². The van der Waals surface area contributed by atoms with E-state index in [0.717, 1.165) is 15.8 Å². The molecule has 0 bridgehead atoms. The van der Waals surface area contributed by atoms with Crippen LogP contribution in [0, 0.1) is 6.92 Å². The molecule has 0 aliphatic heterocycles. The molecule has 3 heterocycles. The highest BCUT2D eigenvalue weighted by atomic mass is 35.5. The zero-order chi connectivity index (χ0) is 22.9. The van der Waals surface area contributed by atoms with E-state index in [9.17, 15) is 9.59 Å². The molecule has 8 nitrogen and oxygen atoms in total. The lowest BCUT2D eigenvalue weighted by molar-refractivity contribution is 0.101. The Kier molecular flexibility index (Phi) is 5.20. The number of carbonyl (C=O) groups excluding carboxylic acids is 1. The van der Waals surface area contributed by atoms with E-state index < -0.39 is 11.5 Å². The summed E-state index contributed by atoms with van der Waals surface area (Å²) in [6.45, 7) is 1.94. The van der Waals surface area contributed by atoms with Gasteiger partial charge in [0.25, 0.3) is 11.5 Å². The number of hydrogen-bond acceptors (Lipinski definition) is 5. The third kappa shape index (κ3) is 3.88. The number of aromatic nitrogens is 5. The van der Waals surface area contributed by atoms with Crippen molar-refractivity contribution in [3.05, 3.63) is 99.6 Å². The minimum atomic E-state index is -0.480. The lowest BCUT2D eigenvalue weighted by atomic mass is 10.1. The maximum atomic E-state index is 13.5. The van der Waals surface area contributed by atoms with E-state index in [1.165, 1.54) is 12.4 Å². The van der Waals surface area contributed by atoms with Crippen LogP contribution < -0.4 is 11.0 Å². The summed E-state index contributed by atoms with van der Waals surface area (Å²) in [5, 5.41) is 7.69. The van der Waals surface area contributed by atoms with Crippen LogP contribution in [-0.4, -0.2) is 30.7 Å². The van der Waals surface area contributed by atoms with Crippen molar-refractivity contribution in [2.45, 2.75) is 6.92 Å². The summed E-state index contributed by atoms with van der Waals surface area (Å²) in [5.41, 5.74) is 6.05. The number of H-pyrrole nitrogens is 1. The van der Waals surface area contributed by atoms with E-state index in [4.69, 9.17) is 16.6 Å². The number of halogens is 1. The number of rotatable bonds is 4. The molecule has 0 aliphatic rings. The molecule has 5 aromatic rings. The maximum Gasteiger partial charge on any atom is 0.298 e. The highest BCUT2D eigenvalue weighted by Gasteiger charge is 2.20. The minimum absolute atomic E-state index is 0.173. The fourth-order valence-corrected chi connectivity index (χ4v) is 3.64. The molecule has 3 aromatic heterocycles. The first kappa shape index (κ1) is 20.6. The number of fused-ring (bicyclic) bond motifs is 1. The van der Waals surface area contributed by atoms with Gasteiger partial charge in [0.05, 0.1) is 0 Å². The van der Waals surface area contributed by atoms with Gasteiger partial charge in [-0.3, -0.25) is 25.1 Å². The average molecular weight is 457 g/mol. The minimum Gasteiger partial charge on any atom is -0.270 e. The molecule has 0 unspecified atom stereocenters. The van der Waals surface area contributed by atoms with Gasteiger partial charge in [-0.1, -0.05) is 47.5 Å². The number of benzene rings is 2. The zero-order valence-electron chi connectivity index (χ0n) is 17.4. The van der Waals surface area contributed by atoms with E-state index in [0.29, 0.717) is 27.4 Å². The van der Waals surface area contributed by atoms with Gasteiger partial charge in [0, 0.05) is 34.1 Å². The molecule has 162 valence electrons. The quantitative estimate of drug-likeness (QED) is 0.421. The molecule has 0 saturated heterocycles. The Labute approximate surface area is 192 Å². The van der Waals surface area contributed by atoms with Crippen LogP contribution >= 0.6 is 11.6 Å². The first-order valence-electron chi connectivity index (χ1n) is 10.1. The summed E-state index contributed by atoms with van der Waals surface area (Å²) in [6, 6.07) is 17.8. The number of hydrogen-bond donors (Lipinski definition) is 2. The average Bonchev–Trinajstić information content (AvgIpc) is 3.26. The molecule has 0 saturated carbocycles. The molecule has 5 rings (SSSR count). The van der Waals surface area contributed by atoms with Crippen molar-refractivity contribution in [2.75, 3.05) is 5.43 Å². The van der Waals surface area contributed by atoms with Gasteiger partial charge in [-0.15, -0.1) is 0 Å². The van der Waals surface area contributed by atoms with Crippen LogP contribution in [0.2, 0.25) is 5.02 Å². The SMILES string of the molecule is Cc1cccc(-c2nc3c(-c4ccc(Cl)cc4)n[nH]c3c(=O)n2NC(=O)c2ccncc2)c1. The highest BCUT2D eigenvalue weighted by Crippen LogP contribution is 2.27. The van der Waals surface area contributed by atoms with Gasteiger partial charge in [-0.2, -0.15) is 9.77 Å². The fourth-order valence-electron chi connectivity index (χ4n) is 3.52. The molecule has 0 fully saturated rings. The van der Waals surface area contributed by atoms with Gasteiger partial charge in [-0.05, 0) is 37.3 Å². The van der Waals surface area contributed by atoms with Gasteiger partial charge < -0.3 is 0 Å². The smallest absolute Gasteiger partial charge is 0.270 e. The number of nitrogens with one attached hydrogen (secondary N) is 2. The van der Waals surface area contributed by atoms with E-state index in [-0.39, 0.29) is 11.3 Å². The molecule has 33 heavy (non-hydrogen) atoms. The second kappa shape index (κ2) is 8.33. The second-order valence-electron chi connectivity index (χ2n) is 7.42. The van der Waals surface area contributed by atoms with Gasteiger partial charge >= 0.3 is 0 Å². The predicted octanol–water partition coefficient (Wildman–Crippen LogP) is 4.19. The summed E-state index contributed by atoms with van der Waals surface area (Å²) in [7, 11) is 0. The number of amides is 1. The molecule has 9 heteroatoms. The van der Waals surface area contributed by atoms with Gasteiger partial charge in [-0.25, -0.2) is 4.98 Å². The van der Waals surface area contributed by atoms with Crippen molar-refractivity contribution in [2.24, 2.45) is 0 Å². The summed E-state index contributed by atoms with van der Waals surface area (Å²) in [6.07, 6.45) is 3.02. The Hall–Kier alpha value is -4.30. The van der Waals surface area contributed by atoms with Crippen LogP contribution in [0.5, 0.6) is 0 Å². The third-order valence-electron chi connectivity index (χ3n) is 5.14. The first-order chi connectivity index (χ1) is 16.0. The topological polar surface area (TPSA) is 106 Å². The molecular formula is C24H17ClN6O2. The van der Waals surface area contributed by atoms with Crippen molar-refractivity contribution in [1.82, 2.24) is 24.8 Å². The lowest BCUT2D eigenvalue weighted by Crippen LogP contribution is -2.35. The first-order valence-corrected chi connectivity index (χ1v) is 10.4. The molecule has 0 atom stereocenters. The van der Waals surface area contributed by atoms with Crippen molar-refractivity contribution in [3.63, 3.8) is 0 Å². The summed E-state index contributed by atoms with van der Waals surface area (Å²) in [5.74, 6) is -0.179. The molecule has 1 amide bonds. The van der Waals surface area contributed by atoms with Gasteiger partial charge in [0.1, 0.15) is 11.2 Å². The summed E-state index contributed by atoms with van der Waals surface area (Å²) < 4.78 is 1.14. The molecule has 2 aromatic carbocycles. The Balaban J connectivity index is 1.72. The number of carbonyl (C=O) groups is 1. The standard InChI is InChI=1S/C24H17ClN6O2/c1-14-3-2-4-17(13-14)22-27-20-19(15-5-7-18(25)8-6-15)28-29-21(20)24(33)31(22)30-23(32)16-9-11-26-12-10-16/h2-13H,1H3,(H,28,29)(H,30,32). The van der Waals surface area contributed by atoms with Crippen LogP contribution in [0.25, 0.3) is 33.7 Å². The molecular weight excluding hydrogens is 440 g/mol. The monoisotopic (exact) mass is 456 g/mol. The summed E-state index contributed by atoms with van der Waals surface area (Å²) in [4.78, 5) is 35.0. The second-order valence-corrected chi connectivity index (χ2v) is 7.86. The predicted molar refractivity (Wildman–Crippen MR) is 127 cm³/mol. The number of aromatic amines is 1. The van der Waals surface area contributed by atoms with Crippen molar-refractivity contribution in [1.29, 1.82) is 0 Å². The largest absolute Gasteiger partial charge is 0.298 e. The third-order valence-corrected chi connectivity index (χ3v) is 5.39. The normalized spacial score (nSPS) is 11.0. The number of nitrogens with zero attached hydrogens (tertiary/aromatic N) is 4. The number of aryl methyl sites for hydroxylation is 1. The van der Waals surface area contributed by atoms with Gasteiger partial charge in [0.2, 0.25) is 0 Å². The Morgan fingerprint density at radius 2 is 1.79 bits per heavy atom. The van der Waals surface area contributed by atoms with Gasteiger partial charge in [0.15, 0.2) is 11.3 Å². The Bertz CT molecular complexity index is 1540. The summed E-state index contributed by atoms with van der Waals surface area (Å²) >= 11 is 6.02. The Morgan fingerprint density at radius 1 is 1.03 bits per heavy atom. The molecule has 0 radical (unpaired) electrons. The molecule has 0 spiro atoms. The van der Waals surface area contributed by atoms with Crippen molar-refractivity contribution >= 4 is 28.5 Å². The lowest BCUT2D eigenvalue weighted by Gasteiger charge is -2.14. The van der Waals surface area contributed by atoms with Crippen LogP contribution in [0.15, 0.2) is 77.9 Å². The number of pyridine rings is 1. The van der Waals surface area contributed by atoms with Crippen LogP contribution in [0.4, 0.5) is 0 Å². The molecule has 0 aliphatic carbocycles. The maximum absolute atomic E-state index is 13.5.